The van der Waals surface area contributed by atoms with Crippen molar-refractivity contribution in [3.05, 3.63) is 17.5 Å². The van der Waals surface area contributed by atoms with Gasteiger partial charge in [0.05, 0.1) is 0 Å². The summed E-state index contributed by atoms with van der Waals surface area (Å²) in [5.41, 5.74) is -3.11. The van der Waals surface area contributed by atoms with Crippen molar-refractivity contribution in [3.8, 4) is 0 Å². The summed E-state index contributed by atoms with van der Waals surface area (Å²) < 4.78 is 228. The number of nitrogens with zero attached hydrogens (tertiary/aromatic N) is 2. The molecule has 0 saturated heterocycles. The van der Waals surface area contributed by atoms with Gasteiger partial charge in [-0.1, -0.05) is 11.8 Å². The average Bonchev–Trinajstić information content (AvgIpc) is 2.63. The van der Waals surface area contributed by atoms with Crippen molar-refractivity contribution in [2.75, 3.05) is 6.26 Å². The zero-order valence-corrected chi connectivity index (χ0v) is 17.4. The molecule has 0 spiro atoms. The lowest BCUT2D eigenvalue weighted by atomic mass is 10.1. The highest BCUT2D eigenvalue weighted by Crippen LogP contribution is 2.57. The van der Waals surface area contributed by atoms with Crippen molar-refractivity contribution >= 4 is 11.8 Å². The number of thioether (sulfide) groups is 1. The summed E-state index contributed by atoms with van der Waals surface area (Å²) in [5.74, 6) is -22.1. The lowest BCUT2D eigenvalue weighted by Crippen LogP contribution is -2.67. The molecule has 1 aromatic heterocycles. The lowest BCUT2D eigenvalue weighted by Gasteiger charge is -2.40. The molecule has 0 amide bonds. The Hall–Kier alpha value is -1.84. The normalized spacial score (nSPS) is 18.1. The van der Waals surface area contributed by atoms with Gasteiger partial charge in [-0.3, -0.25) is 9.47 Å². The molecular weight excluding hydrogens is 583 g/mol. The van der Waals surface area contributed by atoms with E-state index in [4.69, 9.17) is 0 Å². The van der Waals surface area contributed by atoms with Crippen molar-refractivity contribution in [2.24, 2.45) is 0 Å². The Morgan fingerprint density at radius 2 is 1.11 bits per heavy atom. The van der Waals surface area contributed by atoms with E-state index in [0.29, 0.717) is 11.8 Å². The van der Waals surface area contributed by atoms with Crippen molar-refractivity contribution in [1.82, 2.24) is 9.97 Å². The van der Waals surface area contributed by atoms with Gasteiger partial charge in [0.1, 0.15) is 5.69 Å². The van der Waals surface area contributed by atoms with Crippen LogP contribution in [0.5, 0.6) is 0 Å². The first-order chi connectivity index (χ1) is 15.6. The topological polar surface area (TPSA) is 44.2 Å². The van der Waals surface area contributed by atoms with E-state index in [-0.39, 0.29) is 6.07 Å². The van der Waals surface area contributed by atoms with Gasteiger partial charge in [-0.2, -0.15) is 74.6 Å². The van der Waals surface area contributed by atoms with Crippen LogP contribution in [0.2, 0.25) is 0 Å². The maximum atomic E-state index is 14.8. The van der Waals surface area contributed by atoms with Gasteiger partial charge in [0.2, 0.25) is 0 Å². The molecule has 22 heteroatoms. The van der Waals surface area contributed by atoms with Crippen LogP contribution in [0, 0.1) is 6.92 Å². The summed E-state index contributed by atoms with van der Waals surface area (Å²) in [4.78, 5) is 6.04. The van der Waals surface area contributed by atoms with Crippen molar-refractivity contribution in [2.45, 2.75) is 60.5 Å². The largest absolute Gasteiger partial charge is 0.462 e. The predicted octanol–water partition coefficient (Wildman–Crippen LogP) is 6.84. The van der Waals surface area contributed by atoms with Gasteiger partial charge in [-0.15, -0.1) is 0 Å². The van der Waals surface area contributed by atoms with Crippen LogP contribution in [-0.4, -0.2) is 58.7 Å². The molecule has 0 saturated carbocycles. The molecule has 4 nitrogen and oxygen atoms in total. The van der Waals surface area contributed by atoms with Crippen LogP contribution in [-0.2, 0) is 15.3 Å². The van der Waals surface area contributed by atoms with E-state index in [1.165, 1.54) is 4.74 Å². The number of hydrogen-bond donors (Lipinski definition) is 0. The number of rotatable bonds is 8. The van der Waals surface area contributed by atoms with Crippen molar-refractivity contribution in [3.63, 3.8) is 0 Å². The number of halogens is 17. The highest BCUT2D eigenvalue weighted by atomic mass is 32.2. The molecule has 1 heterocycles. The first kappa shape index (κ1) is 32.2. The fourth-order valence-corrected chi connectivity index (χ4v) is 2.41. The monoisotopic (exact) mass is 590 g/mol. The smallest absolute Gasteiger partial charge is 0.265 e. The van der Waals surface area contributed by atoms with E-state index in [1.54, 1.807) is 0 Å². The summed E-state index contributed by atoms with van der Waals surface area (Å²) in [6, 6.07) is -0.177. The van der Waals surface area contributed by atoms with Crippen LogP contribution in [0.1, 0.15) is 11.4 Å². The number of aryl methyl sites for hydroxylation is 1. The van der Waals surface area contributed by atoms with Gasteiger partial charge in [0, 0.05) is 5.69 Å². The summed E-state index contributed by atoms with van der Waals surface area (Å²) in [5, 5.41) is -0.877. The molecule has 0 bridgehead atoms. The van der Waals surface area contributed by atoms with E-state index < -0.39 is 64.9 Å². The highest BCUT2D eigenvalue weighted by molar-refractivity contribution is 7.98. The van der Waals surface area contributed by atoms with E-state index in [9.17, 15) is 74.6 Å². The molecule has 0 radical (unpaired) electrons. The molecule has 0 fully saturated rings. The third kappa shape index (κ3) is 5.53. The lowest BCUT2D eigenvalue weighted by molar-refractivity contribution is -0.554. The molecule has 0 aliphatic heterocycles. The first-order valence-corrected chi connectivity index (χ1v) is 9.34. The van der Waals surface area contributed by atoms with E-state index in [1.807, 2.05) is 0 Å². The molecule has 0 N–H and O–H groups in total. The minimum absolute atomic E-state index is 0.177. The van der Waals surface area contributed by atoms with Crippen LogP contribution in [0.3, 0.4) is 0 Å². The zero-order valence-electron chi connectivity index (χ0n) is 16.6. The van der Waals surface area contributed by atoms with Gasteiger partial charge < -0.3 is 0 Å². The van der Waals surface area contributed by atoms with Crippen molar-refractivity contribution in [1.29, 1.82) is 0 Å². The Bertz CT molecular complexity index is 947. The molecule has 2 unspecified atom stereocenters. The van der Waals surface area contributed by atoms with Gasteiger partial charge in [0.15, 0.2) is 5.16 Å². The first-order valence-electron chi connectivity index (χ1n) is 8.11. The zero-order chi connectivity index (χ0) is 29.0. The van der Waals surface area contributed by atoms with Gasteiger partial charge in [0.25, 0.3) is 0 Å². The Balaban J connectivity index is 3.80. The highest BCUT2D eigenvalue weighted by Gasteiger charge is 2.85. The molecule has 0 aromatic carbocycles. The van der Waals surface area contributed by atoms with Crippen molar-refractivity contribution < 1.29 is 84.1 Å². The Morgan fingerprint density at radius 1 is 0.639 bits per heavy atom. The molecule has 36 heavy (non-hydrogen) atoms. The minimum Gasteiger partial charge on any atom is -0.265 e. The summed E-state index contributed by atoms with van der Waals surface area (Å²) in [7, 11) is 0. The van der Waals surface area contributed by atoms with Crippen LogP contribution >= 0.6 is 11.8 Å². The van der Waals surface area contributed by atoms with E-state index in [2.05, 4.69) is 14.7 Å². The number of ether oxygens (including phenoxy) is 2. The van der Waals surface area contributed by atoms with Gasteiger partial charge >= 0.3 is 48.4 Å². The summed E-state index contributed by atoms with van der Waals surface area (Å²) in [6.07, 6.45) is -36.9. The Morgan fingerprint density at radius 3 is 1.47 bits per heavy atom. The molecular formula is C14H7F17N2O2S. The van der Waals surface area contributed by atoms with E-state index in [0.717, 1.165) is 13.2 Å². The molecule has 210 valence electrons. The second kappa shape index (κ2) is 9.17. The molecule has 0 aliphatic carbocycles. The third-order valence-electron chi connectivity index (χ3n) is 3.71. The quantitative estimate of drug-likeness (QED) is 0.189. The summed E-state index contributed by atoms with van der Waals surface area (Å²) in [6.45, 7) is 0.762. The fraction of sp³-hybridized carbons (Fsp3) is 0.714. The van der Waals surface area contributed by atoms with Crippen LogP contribution in [0.25, 0.3) is 0 Å². The summed E-state index contributed by atoms with van der Waals surface area (Å²) >= 11 is 0.297. The number of aromatic nitrogens is 2. The number of hydrogen-bond acceptors (Lipinski definition) is 5. The SMILES string of the molecule is CSc1nc(C)cc(C(F)(OC(F)(F)C(F)(OC(F)(F)C(F)(F)C(F)(F)F)C(F)(F)F)C(F)(F)F)n1. The van der Waals surface area contributed by atoms with Gasteiger partial charge in [-0.25, -0.2) is 9.97 Å². The Kier molecular flexibility index (Phi) is 8.20. The Labute approximate surface area is 191 Å². The maximum absolute atomic E-state index is 14.8. The predicted molar refractivity (Wildman–Crippen MR) is 80.4 cm³/mol. The third-order valence-corrected chi connectivity index (χ3v) is 4.26. The molecule has 1 rings (SSSR count). The average molecular weight is 590 g/mol. The molecule has 0 aliphatic rings. The van der Waals surface area contributed by atoms with Crippen LogP contribution in [0.4, 0.5) is 74.6 Å². The minimum atomic E-state index is -7.94. The maximum Gasteiger partial charge on any atom is 0.462 e. The molecule has 2 atom stereocenters. The fourth-order valence-electron chi connectivity index (χ4n) is 1.98. The second-order valence-corrected chi connectivity index (χ2v) is 7.15. The van der Waals surface area contributed by atoms with E-state index >= 15 is 0 Å². The molecule has 1 aromatic rings. The standard InChI is InChI=1S/C14H7F17N2O2S/c1-4-3-5(33-6(32-4)36-2)7(15,10(19,20)21)34-14(30,31)9(18,12(25,26)27)35-13(28,29)8(16,17)11(22,23)24/h3H,1-2H3. The van der Waals surface area contributed by atoms with Crippen LogP contribution in [0.15, 0.2) is 11.2 Å². The number of alkyl halides is 17. The second-order valence-electron chi connectivity index (χ2n) is 6.38. The van der Waals surface area contributed by atoms with Crippen LogP contribution < -0.4 is 0 Å². The van der Waals surface area contributed by atoms with Gasteiger partial charge in [-0.05, 0) is 19.2 Å².